The zero-order valence-electron chi connectivity index (χ0n) is 10.6. The fraction of sp³-hybridized carbons (Fsp3) is 0.636. The highest BCUT2D eigenvalue weighted by molar-refractivity contribution is 7.89. The molecule has 0 saturated carbocycles. The lowest BCUT2D eigenvalue weighted by Gasteiger charge is -2.30. The topological polar surface area (TPSA) is 75.2 Å². The molecule has 2 heterocycles. The molecule has 0 radical (unpaired) electrons. The maximum Gasteiger partial charge on any atom is 0.262 e. The van der Waals surface area contributed by atoms with Gasteiger partial charge in [0.2, 0.25) is 0 Å². The molecule has 0 unspecified atom stereocenters. The number of likely N-dealkylation sites (N-methyl/N-ethyl adjacent to an activating group) is 1. The Morgan fingerprint density at radius 3 is 2.72 bits per heavy atom. The van der Waals surface area contributed by atoms with Crippen LogP contribution in [0.4, 0.5) is 0 Å². The lowest BCUT2D eigenvalue weighted by atomic mass is 10.1. The van der Waals surface area contributed by atoms with Gasteiger partial charge in [0.1, 0.15) is 0 Å². The number of aromatic nitrogens is 2. The molecule has 6 nitrogen and oxygen atoms in total. The second kappa shape index (κ2) is 5.29. The Bertz CT molecular complexity index is 494. The van der Waals surface area contributed by atoms with Crippen molar-refractivity contribution in [3.05, 3.63) is 17.8 Å². The van der Waals surface area contributed by atoms with Gasteiger partial charge in [0.15, 0.2) is 5.03 Å². The number of nitrogens with zero attached hydrogens (tertiary/aromatic N) is 3. The number of hydrogen-bond donors (Lipinski definition) is 1. The van der Waals surface area contributed by atoms with Gasteiger partial charge in [-0.15, -0.1) is 5.10 Å². The minimum absolute atomic E-state index is 0.00754. The average Bonchev–Trinajstić information content (AvgIpc) is 2.39. The highest BCUT2D eigenvalue weighted by Gasteiger charge is 2.30. The van der Waals surface area contributed by atoms with E-state index in [0.717, 1.165) is 19.4 Å². The molecule has 0 aliphatic carbocycles. The lowest BCUT2D eigenvalue weighted by molar-refractivity contribution is 0.299. The first-order chi connectivity index (χ1) is 8.51. The molecule has 1 aliphatic rings. The Labute approximate surface area is 107 Å². The van der Waals surface area contributed by atoms with Crippen molar-refractivity contribution >= 4 is 10.0 Å². The maximum absolute atomic E-state index is 12.3. The van der Waals surface area contributed by atoms with Gasteiger partial charge in [-0.2, -0.15) is 9.40 Å². The molecular formula is C11H18N4O2S. The number of rotatable bonds is 3. The molecular weight excluding hydrogens is 252 g/mol. The van der Waals surface area contributed by atoms with Gasteiger partial charge in [-0.25, -0.2) is 8.42 Å². The third-order valence-electron chi connectivity index (χ3n) is 3.20. The number of sulfonamides is 1. The van der Waals surface area contributed by atoms with Gasteiger partial charge in [0, 0.05) is 19.6 Å². The highest BCUT2D eigenvalue weighted by atomic mass is 32.2. The Morgan fingerprint density at radius 1 is 1.39 bits per heavy atom. The van der Waals surface area contributed by atoms with E-state index in [9.17, 15) is 8.42 Å². The van der Waals surface area contributed by atoms with E-state index < -0.39 is 10.0 Å². The van der Waals surface area contributed by atoms with Crippen LogP contribution in [0.2, 0.25) is 0 Å². The molecule has 1 fully saturated rings. The zero-order chi connectivity index (χ0) is 13.2. The van der Waals surface area contributed by atoms with Crippen LogP contribution in [0, 0.1) is 6.92 Å². The summed E-state index contributed by atoms with van der Waals surface area (Å²) in [6.45, 7) is 3.42. The van der Waals surface area contributed by atoms with Gasteiger partial charge in [-0.05, 0) is 38.4 Å². The number of aryl methyl sites for hydroxylation is 1. The fourth-order valence-corrected chi connectivity index (χ4v) is 3.26. The molecule has 1 aliphatic heterocycles. The van der Waals surface area contributed by atoms with Crippen molar-refractivity contribution in [1.29, 1.82) is 0 Å². The van der Waals surface area contributed by atoms with Gasteiger partial charge in [0.05, 0.1) is 5.69 Å². The lowest BCUT2D eigenvalue weighted by Crippen LogP contribution is -2.46. The van der Waals surface area contributed by atoms with Gasteiger partial charge < -0.3 is 5.32 Å². The van der Waals surface area contributed by atoms with E-state index in [1.807, 2.05) is 0 Å². The van der Waals surface area contributed by atoms with Crippen molar-refractivity contribution in [2.75, 3.05) is 20.1 Å². The Kier molecular flexibility index (Phi) is 3.94. The molecule has 1 aromatic rings. The van der Waals surface area contributed by atoms with E-state index in [4.69, 9.17) is 0 Å². The fourth-order valence-electron chi connectivity index (χ4n) is 2.01. The van der Waals surface area contributed by atoms with Gasteiger partial charge in [-0.3, -0.25) is 0 Å². The minimum Gasteiger partial charge on any atom is -0.315 e. The van der Waals surface area contributed by atoms with Crippen molar-refractivity contribution in [1.82, 2.24) is 19.8 Å². The van der Waals surface area contributed by atoms with Crippen molar-refractivity contribution in [2.24, 2.45) is 0 Å². The summed E-state index contributed by atoms with van der Waals surface area (Å²) in [5.41, 5.74) is 0.705. The molecule has 1 atom stereocenters. The highest BCUT2D eigenvalue weighted by Crippen LogP contribution is 2.17. The second-order valence-electron chi connectivity index (χ2n) is 4.53. The van der Waals surface area contributed by atoms with Crippen molar-refractivity contribution < 1.29 is 8.42 Å². The van der Waals surface area contributed by atoms with E-state index in [1.165, 1.54) is 10.4 Å². The SMILES string of the molecule is Cc1ccc(S(=O)(=O)N(C)[C@H]2CCCNC2)nn1. The Morgan fingerprint density at radius 2 is 2.17 bits per heavy atom. The molecule has 1 N–H and O–H groups in total. The molecule has 7 heteroatoms. The summed E-state index contributed by atoms with van der Waals surface area (Å²) in [6, 6.07) is 3.16. The van der Waals surface area contributed by atoms with E-state index in [0.29, 0.717) is 12.2 Å². The summed E-state index contributed by atoms with van der Waals surface area (Å²) >= 11 is 0. The third kappa shape index (κ3) is 2.68. The molecule has 0 aromatic carbocycles. The van der Waals surface area contributed by atoms with E-state index >= 15 is 0 Å². The second-order valence-corrected chi connectivity index (χ2v) is 6.48. The number of nitrogens with one attached hydrogen (secondary N) is 1. The monoisotopic (exact) mass is 270 g/mol. The third-order valence-corrected chi connectivity index (χ3v) is 5.00. The minimum atomic E-state index is -3.54. The maximum atomic E-state index is 12.3. The smallest absolute Gasteiger partial charge is 0.262 e. The summed E-state index contributed by atoms with van der Waals surface area (Å²) in [5.74, 6) is 0. The molecule has 0 spiro atoms. The van der Waals surface area contributed by atoms with Gasteiger partial charge >= 0.3 is 0 Å². The normalized spacial score (nSPS) is 21.2. The first-order valence-corrected chi connectivity index (χ1v) is 7.45. The van der Waals surface area contributed by atoms with Gasteiger partial charge in [-0.1, -0.05) is 0 Å². The Balaban J connectivity index is 2.21. The van der Waals surface area contributed by atoms with Crippen LogP contribution in [-0.4, -0.2) is 49.1 Å². The number of hydrogen-bond acceptors (Lipinski definition) is 5. The molecule has 0 bridgehead atoms. The summed E-state index contributed by atoms with van der Waals surface area (Å²) in [4.78, 5) is 0. The van der Waals surface area contributed by atoms with Crippen molar-refractivity contribution in [2.45, 2.75) is 30.8 Å². The van der Waals surface area contributed by atoms with Gasteiger partial charge in [0.25, 0.3) is 10.0 Å². The van der Waals surface area contributed by atoms with Crippen LogP contribution in [-0.2, 0) is 10.0 Å². The molecule has 100 valence electrons. The molecule has 1 aromatic heterocycles. The van der Waals surface area contributed by atoms with Crippen LogP contribution in [0.5, 0.6) is 0 Å². The molecule has 1 saturated heterocycles. The van der Waals surface area contributed by atoms with Crippen molar-refractivity contribution in [3.63, 3.8) is 0 Å². The van der Waals surface area contributed by atoms with Crippen LogP contribution in [0.3, 0.4) is 0 Å². The first-order valence-electron chi connectivity index (χ1n) is 6.01. The molecule has 18 heavy (non-hydrogen) atoms. The zero-order valence-corrected chi connectivity index (χ0v) is 11.4. The summed E-state index contributed by atoms with van der Waals surface area (Å²) in [6.07, 6.45) is 1.87. The van der Waals surface area contributed by atoms with E-state index in [2.05, 4.69) is 15.5 Å². The van der Waals surface area contributed by atoms with Crippen LogP contribution < -0.4 is 5.32 Å². The average molecular weight is 270 g/mol. The summed E-state index contributed by atoms with van der Waals surface area (Å²) in [5, 5.41) is 10.8. The first kappa shape index (κ1) is 13.4. The van der Waals surface area contributed by atoms with Crippen LogP contribution in [0.1, 0.15) is 18.5 Å². The predicted molar refractivity (Wildman–Crippen MR) is 67.6 cm³/mol. The van der Waals surface area contributed by atoms with E-state index in [1.54, 1.807) is 20.0 Å². The van der Waals surface area contributed by atoms with E-state index in [-0.39, 0.29) is 11.1 Å². The van der Waals surface area contributed by atoms with Crippen LogP contribution in [0.25, 0.3) is 0 Å². The number of piperidine rings is 1. The molecule has 2 rings (SSSR count). The van der Waals surface area contributed by atoms with Crippen LogP contribution in [0.15, 0.2) is 17.2 Å². The standard InChI is InChI=1S/C11H18N4O2S/c1-9-5-6-11(14-13-9)18(16,17)15(2)10-4-3-7-12-8-10/h5-6,10,12H,3-4,7-8H2,1-2H3/t10-/m0/s1. The summed E-state index contributed by atoms with van der Waals surface area (Å²) < 4.78 is 26.1. The molecule has 0 amide bonds. The predicted octanol–water partition coefficient (Wildman–Crippen LogP) is 0.158. The largest absolute Gasteiger partial charge is 0.315 e. The quantitative estimate of drug-likeness (QED) is 0.846. The Hall–Kier alpha value is -1.05. The van der Waals surface area contributed by atoms with Crippen LogP contribution >= 0.6 is 0 Å². The summed E-state index contributed by atoms with van der Waals surface area (Å²) in [7, 11) is -1.93. The van der Waals surface area contributed by atoms with Crippen molar-refractivity contribution in [3.8, 4) is 0 Å².